The molecular weight excluding hydrogens is 400 g/mol. The van der Waals surface area contributed by atoms with E-state index < -0.39 is 29.6 Å². The van der Waals surface area contributed by atoms with Gasteiger partial charge in [0.25, 0.3) is 5.91 Å². The highest BCUT2D eigenvalue weighted by molar-refractivity contribution is 6.32. The topological polar surface area (TPSA) is 103 Å². The number of nitrogens with one attached hydrogen (secondary N) is 2. The fraction of sp³-hybridized carbons (Fsp3) is 0.450. The molecule has 1 aromatic carbocycles. The van der Waals surface area contributed by atoms with E-state index in [1.165, 1.54) is 20.1 Å². The van der Waals surface area contributed by atoms with Gasteiger partial charge < -0.3 is 19.5 Å². The van der Waals surface area contributed by atoms with E-state index in [9.17, 15) is 14.4 Å². The van der Waals surface area contributed by atoms with Crippen molar-refractivity contribution in [3.05, 3.63) is 28.8 Å². The van der Waals surface area contributed by atoms with E-state index in [1.54, 1.807) is 32.9 Å². The number of esters is 1. The van der Waals surface area contributed by atoms with E-state index in [0.717, 1.165) is 6.08 Å². The Bertz CT molecular complexity index is 786. The zero-order chi connectivity index (χ0) is 22.2. The smallest absolute Gasteiger partial charge is 0.331 e. The number of imide groups is 1. The van der Waals surface area contributed by atoms with Crippen molar-refractivity contribution in [1.29, 1.82) is 0 Å². The monoisotopic (exact) mass is 426 g/mol. The summed E-state index contributed by atoms with van der Waals surface area (Å²) in [6.45, 7) is 8.91. The fourth-order valence-corrected chi connectivity index (χ4v) is 2.46. The maximum Gasteiger partial charge on any atom is 0.331 e. The summed E-state index contributed by atoms with van der Waals surface area (Å²) in [4.78, 5) is 35.7. The molecule has 0 aliphatic heterocycles. The van der Waals surface area contributed by atoms with Gasteiger partial charge in [-0.25, -0.2) is 9.59 Å². The third-order valence-corrected chi connectivity index (χ3v) is 3.62. The van der Waals surface area contributed by atoms with Crippen LogP contribution in [0.1, 0.15) is 40.2 Å². The number of hydrogen-bond donors (Lipinski definition) is 2. The van der Waals surface area contributed by atoms with Gasteiger partial charge in [-0.3, -0.25) is 10.1 Å². The molecule has 2 N–H and O–H groups in total. The van der Waals surface area contributed by atoms with Crippen LogP contribution in [0.4, 0.5) is 4.79 Å². The number of halogens is 1. The summed E-state index contributed by atoms with van der Waals surface area (Å²) in [7, 11) is 1.48. The van der Waals surface area contributed by atoms with Crippen LogP contribution >= 0.6 is 11.6 Å². The Hall–Kier alpha value is -2.74. The lowest BCUT2D eigenvalue weighted by Crippen LogP contribution is -2.50. The maximum atomic E-state index is 12.0. The number of carbonyl (C=O) groups is 3. The van der Waals surface area contributed by atoms with Crippen LogP contribution in [0.15, 0.2) is 18.2 Å². The molecule has 9 heteroatoms. The zero-order valence-electron chi connectivity index (χ0n) is 17.4. The minimum absolute atomic E-state index is 0.323. The Kier molecular flexibility index (Phi) is 8.97. The molecule has 1 atom stereocenters. The molecule has 0 aromatic heterocycles. The molecule has 1 unspecified atom stereocenters. The second kappa shape index (κ2) is 10.7. The lowest BCUT2D eigenvalue weighted by molar-refractivity contribution is -0.149. The molecule has 3 amide bonds. The van der Waals surface area contributed by atoms with Crippen LogP contribution in [0, 0.1) is 0 Å². The van der Waals surface area contributed by atoms with E-state index in [1.807, 2.05) is 6.92 Å². The molecule has 0 heterocycles. The van der Waals surface area contributed by atoms with Gasteiger partial charge >= 0.3 is 12.0 Å². The molecule has 1 aromatic rings. The minimum atomic E-state index is -1.16. The van der Waals surface area contributed by atoms with Crippen molar-refractivity contribution >= 4 is 35.6 Å². The van der Waals surface area contributed by atoms with Crippen LogP contribution in [-0.2, 0) is 14.3 Å². The van der Waals surface area contributed by atoms with Crippen molar-refractivity contribution in [3.63, 3.8) is 0 Å². The summed E-state index contributed by atoms with van der Waals surface area (Å²) >= 11 is 6.16. The second-order valence-electron chi connectivity index (χ2n) is 7.07. The molecule has 0 radical (unpaired) electrons. The molecule has 0 saturated heterocycles. The molecule has 0 fully saturated rings. The Morgan fingerprint density at radius 3 is 2.45 bits per heavy atom. The highest BCUT2D eigenvalue weighted by atomic mass is 35.5. The van der Waals surface area contributed by atoms with E-state index in [-0.39, 0.29) is 0 Å². The fourth-order valence-electron chi connectivity index (χ4n) is 2.16. The highest BCUT2D eigenvalue weighted by Gasteiger charge is 2.21. The highest BCUT2D eigenvalue weighted by Crippen LogP contribution is 2.36. The summed E-state index contributed by atoms with van der Waals surface area (Å²) in [5.74, 6) is -0.659. The molecule has 0 aliphatic rings. The number of hydrogen-bond acceptors (Lipinski definition) is 6. The number of amides is 3. The number of ether oxygens (including phenoxy) is 3. The molecule has 160 valence electrons. The first-order chi connectivity index (χ1) is 13.5. The normalized spacial score (nSPS) is 12.2. The Balaban J connectivity index is 2.73. The average molecular weight is 427 g/mol. The van der Waals surface area contributed by atoms with Crippen molar-refractivity contribution in [2.24, 2.45) is 0 Å². The quantitative estimate of drug-likeness (QED) is 0.512. The lowest BCUT2D eigenvalue weighted by atomic mass is 10.1. The van der Waals surface area contributed by atoms with Gasteiger partial charge in [-0.1, -0.05) is 11.6 Å². The van der Waals surface area contributed by atoms with Gasteiger partial charge in [-0.05, 0) is 58.4 Å². The van der Waals surface area contributed by atoms with E-state index in [4.69, 9.17) is 25.8 Å². The third-order valence-electron chi connectivity index (χ3n) is 3.34. The number of benzene rings is 1. The van der Waals surface area contributed by atoms with Crippen molar-refractivity contribution in [1.82, 2.24) is 10.6 Å². The van der Waals surface area contributed by atoms with E-state index >= 15 is 0 Å². The van der Waals surface area contributed by atoms with Crippen molar-refractivity contribution < 1.29 is 28.6 Å². The SMILES string of the molecule is CCOc1cc(/C=C/C(=O)OC(C)C(=O)NC(=O)NC(C)(C)C)cc(Cl)c1OC. The van der Waals surface area contributed by atoms with Crippen molar-refractivity contribution in [2.45, 2.75) is 46.3 Å². The molecule has 0 spiro atoms. The third kappa shape index (κ3) is 8.43. The average Bonchev–Trinajstić information content (AvgIpc) is 2.58. The molecular formula is C20H27ClN2O6. The summed E-state index contributed by atoms with van der Waals surface area (Å²) < 4.78 is 15.7. The summed E-state index contributed by atoms with van der Waals surface area (Å²) in [5, 5.41) is 5.02. The zero-order valence-corrected chi connectivity index (χ0v) is 18.2. The Labute approximate surface area is 175 Å². The Morgan fingerprint density at radius 1 is 1.24 bits per heavy atom. The predicted molar refractivity (Wildman–Crippen MR) is 110 cm³/mol. The van der Waals surface area contributed by atoms with Crippen LogP contribution in [0.2, 0.25) is 5.02 Å². The standard InChI is InChI=1S/C20H27ClN2O6/c1-7-28-15-11-13(10-14(21)17(15)27-6)8-9-16(24)29-12(2)18(25)22-19(26)23-20(3,4)5/h8-12H,7H2,1-6H3,(H2,22,23,25,26)/b9-8+. The van der Waals surface area contributed by atoms with Crippen LogP contribution < -0.4 is 20.1 Å². The summed E-state index contributed by atoms with van der Waals surface area (Å²) in [5.41, 5.74) is 0.0744. The van der Waals surface area contributed by atoms with E-state index in [2.05, 4.69) is 10.6 Å². The lowest BCUT2D eigenvalue weighted by Gasteiger charge is -2.21. The molecule has 0 aliphatic carbocycles. The predicted octanol–water partition coefficient (Wildman–Crippen LogP) is 3.32. The van der Waals surface area contributed by atoms with Crippen molar-refractivity contribution in [3.8, 4) is 11.5 Å². The number of methoxy groups -OCH3 is 1. The van der Waals surface area contributed by atoms with Gasteiger partial charge in [-0.15, -0.1) is 0 Å². The number of rotatable bonds is 7. The van der Waals surface area contributed by atoms with Gasteiger partial charge in [0, 0.05) is 11.6 Å². The number of carbonyl (C=O) groups excluding carboxylic acids is 3. The van der Waals surface area contributed by atoms with Gasteiger partial charge in [0.2, 0.25) is 0 Å². The van der Waals surface area contributed by atoms with Crippen molar-refractivity contribution in [2.75, 3.05) is 13.7 Å². The molecule has 8 nitrogen and oxygen atoms in total. The van der Waals surface area contributed by atoms with Gasteiger partial charge in [-0.2, -0.15) is 0 Å². The second-order valence-corrected chi connectivity index (χ2v) is 7.48. The number of urea groups is 1. The first kappa shape index (κ1) is 24.3. The Morgan fingerprint density at radius 2 is 1.90 bits per heavy atom. The minimum Gasteiger partial charge on any atom is -0.491 e. The largest absolute Gasteiger partial charge is 0.491 e. The van der Waals surface area contributed by atoms with Crippen LogP contribution in [0.3, 0.4) is 0 Å². The molecule has 29 heavy (non-hydrogen) atoms. The van der Waals surface area contributed by atoms with Gasteiger partial charge in [0.15, 0.2) is 17.6 Å². The van der Waals surface area contributed by atoms with Gasteiger partial charge in [0.1, 0.15) is 0 Å². The maximum absolute atomic E-state index is 12.0. The first-order valence-electron chi connectivity index (χ1n) is 8.98. The van der Waals surface area contributed by atoms with Crippen LogP contribution in [0.25, 0.3) is 6.08 Å². The van der Waals surface area contributed by atoms with Crippen LogP contribution in [0.5, 0.6) is 11.5 Å². The van der Waals surface area contributed by atoms with E-state index in [0.29, 0.717) is 28.7 Å². The molecule has 1 rings (SSSR count). The van der Waals surface area contributed by atoms with Crippen LogP contribution in [-0.4, -0.2) is 43.3 Å². The summed E-state index contributed by atoms with van der Waals surface area (Å²) in [6.07, 6.45) is 1.45. The summed E-state index contributed by atoms with van der Waals surface area (Å²) in [6, 6.07) is 2.59. The molecule has 0 saturated carbocycles. The first-order valence-corrected chi connectivity index (χ1v) is 9.36. The van der Waals surface area contributed by atoms with Gasteiger partial charge in [0.05, 0.1) is 18.7 Å². The molecule has 0 bridgehead atoms.